The fourth-order valence-electron chi connectivity index (χ4n) is 1.91. The molecule has 0 radical (unpaired) electrons. The van der Waals surface area contributed by atoms with E-state index in [1.54, 1.807) is 0 Å². The van der Waals surface area contributed by atoms with Crippen LogP contribution < -0.4 is 5.73 Å². The standard InChI is InChI=1S/C14H23NO/c1-5-9(2)14(16)13(15)12-8-6-7-10(3)11(12)4/h6-9,13-14,16H,5,15H2,1-4H3/t9?,13-,14+/m1/s1. The minimum Gasteiger partial charge on any atom is -0.391 e. The van der Waals surface area contributed by atoms with Gasteiger partial charge in [-0.1, -0.05) is 38.5 Å². The van der Waals surface area contributed by atoms with Gasteiger partial charge in [0.15, 0.2) is 0 Å². The van der Waals surface area contributed by atoms with E-state index in [2.05, 4.69) is 26.8 Å². The average molecular weight is 221 g/mol. The van der Waals surface area contributed by atoms with Crippen LogP contribution in [0.25, 0.3) is 0 Å². The first kappa shape index (κ1) is 13.2. The lowest BCUT2D eigenvalue weighted by Gasteiger charge is -2.26. The van der Waals surface area contributed by atoms with E-state index in [1.807, 2.05) is 19.1 Å². The molecule has 3 N–H and O–H groups in total. The van der Waals surface area contributed by atoms with Gasteiger partial charge in [-0.25, -0.2) is 0 Å². The molecule has 0 aliphatic carbocycles. The second-order valence-electron chi connectivity index (χ2n) is 4.69. The molecule has 0 amide bonds. The van der Waals surface area contributed by atoms with Gasteiger partial charge in [-0.2, -0.15) is 0 Å². The Labute approximate surface area is 98.5 Å². The van der Waals surface area contributed by atoms with Crippen LogP contribution in [0.4, 0.5) is 0 Å². The number of aliphatic hydroxyl groups excluding tert-OH is 1. The topological polar surface area (TPSA) is 46.2 Å². The van der Waals surface area contributed by atoms with Gasteiger partial charge in [0.1, 0.15) is 0 Å². The second-order valence-corrected chi connectivity index (χ2v) is 4.69. The van der Waals surface area contributed by atoms with Crippen LogP contribution in [0.5, 0.6) is 0 Å². The molecule has 0 fully saturated rings. The first-order valence-corrected chi connectivity index (χ1v) is 5.98. The molecule has 0 heterocycles. The quantitative estimate of drug-likeness (QED) is 0.821. The summed E-state index contributed by atoms with van der Waals surface area (Å²) < 4.78 is 0. The Morgan fingerprint density at radius 1 is 1.31 bits per heavy atom. The van der Waals surface area contributed by atoms with Gasteiger partial charge in [0.05, 0.1) is 12.1 Å². The molecule has 0 aliphatic rings. The first-order valence-electron chi connectivity index (χ1n) is 5.98. The summed E-state index contributed by atoms with van der Waals surface area (Å²) in [6.07, 6.45) is 0.477. The largest absolute Gasteiger partial charge is 0.391 e. The van der Waals surface area contributed by atoms with Gasteiger partial charge < -0.3 is 10.8 Å². The third-order valence-corrected chi connectivity index (χ3v) is 3.60. The van der Waals surface area contributed by atoms with Crippen LogP contribution in [0.1, 0.15) is 43.0 Å². The Kier molecular flexibility index (Phi) is 4.51. The van der Waals surface area contributed by atoms with Crippen molar-refractivity contribution < 1.29 is 5.11 Å². The van der Waals surface area contributed by atoms with Crippen molar-refractivity contribution >= 4 is 0 Å². The van der Waals surface area contributed by atoms with E-state index in [1.165, 1.54) is 11.1 Å². The average Bonchev–Trinajstić information content (AvgIpc) is 2.29. The number of hydrogen-bond donors (Lipinski definition) is 2. The summed E-state index contributed by atoms with van der Waals surface area (Å²) in [4.78, 5) is 0. The van der Waals surface area contributed by atoms with Gasteiger partial charge in [0.2, 0.25) is 0 Å². The Bertz CT molecular complexity index is 349. The second kappa shape index (κ2) is 5.46. The van der Waals surface area contributed by atoms with E-state index in [9.17, 15) is 5.11 Å². The Hall–Kier alpha value is -0.860. The van der Waals surface area contributed by atoms with Crippen molar-refractivity contribution in [3.63, 3.8) is 0 Å². The minimum absolute atomic E-state index is 0.231. The normalized spacial score (nSPS) is 16.9. The van der Waals surface area contributed by atoms with Crippen LogP contribution in [0.2, 0.25) is 0 Å². The fourth-order valence-corrected chi connectivity index (χ4v) is 1.91. The molecular formula is C14H23NO. The predicted molar refractivity (Wildman–Crippen MR) is 68.3 cm³/mol. The number of aryl methyl sites for hydroxylation is 1. The number of benzene rings is 1. The molecule has 1 rings (SSSR count). The molecule has 0 aromatic heterocycles. The molecular weight excluding hydrogens is 198 g/mol. The molecule has 16 heavy (non-hydrogen) atoms. The highest BCUT2D eigenvalue weighted by Gasteiger charge is 2.23. The van der Waals surface area contributed by atoms with Crippen LogP contribution in [0.15, 0.2) is 18.2 Å². The number of aliphatic hydroxyl groups is 1. The lowest BCUT2D eigenvalue weighted by Crippen LogP contribution is -2.32. The summed E-state index contributed by atoms with van der Waals surface area (Å²) in [5.41, 5.74) is 9.62. The van der Waals surface area contributed by atoms with E-state index in [0.29, 0.717) is 0 Å². The van der Waals surface area contributed by atoms with Crippen molar-refractivity contribution in [3.05, 3.63) is 34.9 Å². The van der Waals surface area contributed by atoms with Crippen molar-refractivity contribution in [2.45, 2.75) is 46.3 Å². The molecule has 1 aromatic carbocycles. The summed E-state index contributed by atoms with van der Waals surface area (Å²) in [6, 6.07) is 5.80. The van der Waals surface area contributed by atoms with Gasteiger partial charge in [-0.15, -0.1) is 0 Å². The number of hydrogen-bond acceptors (Lipinski definition) is 2. The highest BCUT2D eigenvalue weighted by atomic mass is 16.3. The third kappa shape index (κ3) is 2.63. The Balaban J connectivity index is 2.96. The molecule has 1 aromatic rings. The van der Waals surface area contributed by atoms with Crippen molar-refractivity contribution in [2.24, 2.45) is 11.7 Å². The molecule has 0 spiro atoms. The maximum Gasteiger partial charge on any atom is 0.0758 e. The summed E-state index contributed by atoms with van der Waals surface area (Å²) in [7, 11) is 0. The van der Waals surface area contributed by atoms with Crippen molar-refractivity contribution in [2.75, 3.05) is 0 Å². The third-order valence-electron chi connectivity index (χ3n) is 3.60. The van der Waals surface area contributed by atoms with Crippen molar-refractivity contribution in [1.82, 2.24) is 0 Å². The zero-order valence-electron chi connectivity index (χ0n) is 10.7. The van der Waals surface area contributed by atoms with Crippen LogP contribution >= 0.6 is 0 Å². The van der Waals surface area contributed by atoms with Crippen molar-refractivity contribution in [3.8, 4) is 0 Å². The van der Waals surface area contributed by atoms with Crippen molar-refractivity contribution in [1.29, 1.82) is 0 Å². The molecule has 0 bridgehead atoms. The maximum absolute atomic E-state index is 10.1. The predicted octanol–water partition coefficient (Wildman–Crippen LogP) is 2.71. The zero-order valence-corrected chi connectivity index (χ0v) is 10.7. The highest BCUT2D eigenvalue weighted by molar-refractivity contribution is 5.35. The van der Waals surface area contributed by atoms with Crippen LogP contribution in [0, 0.1) is 19.8 Å². The molecule has 3 atom stereocenters. The van der Waals surface area contributed by atoms with Crippen LogP contribution in [0.3, 0.4) is 0 Å². The number of nitrogens with two attached hydrogens (primary N) is 1. The zero-order chi connectivity index (χ0) is 12.3. The van der Waals surface area contributed by atoms with Crippen LogP contribution in [-0.4, -0.2) is 11.2 Å². The summed E-state index contributed by atoms with van der Waals surface area (Å²) in [5.74, 6) is 0.231. The van der Waals surface area contributed by atoms with Gasteiger partial charge >= 0.3 is 0 Å². The van der Waals surface area contributed by atoms with E-state index in [-0.39, 0.29) is 12.0 Å². The molecule has 0 saturated heterocycles. The molecule has 2 heteroatoms. The summed E-state index contributed by atoms with van der Waals surface area (Å²) in [5, 5.41) is 10.1. The van der Waals surface area contributed by atoms with Gasteiger partial charge in [0, 0.05) is 0 Å². The minimum atomic E-state index is -0.467. The molecule has 2 nitrogen and oxygen atoms in total. The lowest BCUT2D eigenvalue weighted by molar-refractivity contribution is 0.0877. The van der Waals surface area contributed by atoms with Crippen LogP contribution in [-0.2, 0) is 0 Å². The van der Waals surface area contributed by atoms with E-state index in [4.69, 9.17) is 5.73 Å². The highest BCUT2D eigenvalue weighted by Crippen LogP contribution is 2.25. The van der Waals surface area contributed by atoms with Gasteiger partial charge in [-0.3, -0.25) is 0 Å². The molecule has 1 unspecified atom stereocenters. The summed E-state index contributed by atoms with van der Waals surface area (Å²) >= 11 is 0. The molecule has 0 saturated carbocycles. The Morgan fingerprint density at radius 2 is 1.94 bits per heavy atom. The maximum atomic E-state index is 10.1. The summed E-state index contributed by atoms with van der Waals surface area (Å²) in [6.45, 7) is 8.24. The van der Waals surface area contributed by atoms with E-state index < -0.39 is 6.10 Å². The molecule has 90 valence electrons. The first-order chi connectivity index (χ1) is 7.49. The Morgan fingerprint density at radius 3 is 2.50 bits per heavy atom. The van der Waals surface area contributed by atoms with E-state index in [0.717, 1.165) is 12.0 Å². The lowest BCUT2D eigenvalue weighted by atomic mass is 9.88. The van der Waals surface area contributed by atoms with E-state index >= 15 is 0 Å². The number of rotatable bonds is 4. The van der Waals surface area contributed by atoms with Gasteiger partial charge in [-0.05, 0) is 36.5 Å². The SMILES string of the molecule is CCC(C)[C@H](O)[C@H](N)c1cccc(C)c1C. The molecule has 0 aliphatic heterocycles. The fraction of sp³-hybridized carbons (Fsp3) is 0.571. The van der Waals surface area contributed by atoms with Gasteiger partial charge in [0.25, 0.3) is 0 Å². The monoisotopic (exact) mass is 221 g/mol. The smallest absolute Gasteiger partial charge is 0.0758 e.